The van der Waals surface area contributed by atoms with Crippen LogP contribution in [0.3, 0.4) is 0 Å². The Bertz CT molecular complexity index is 1220. The van der Waals surface area contributed by atoms with Crippen LogP contribution in [-0.4, -0.2) is 41.5 Å². The number of halogens is 1. The Hall–Kier alpha value is -3.02. The van der Waals surface area contributed by atoms with E-state index >= 15 is 0 Å². The van der Waals surface area contributed by atoms with Crippen molar-refractivity contribution in [2.75, 3.05) is 20.2 Å². The van der Waals surface area contributed by atoms with E-state index in [4.69, 9.17) is 26.2 Å². The van der Waals surface area contributed by atoms with Gasteiger partial charge in [0.25, 0.3) is 0 Å². The Morgan fingerprint density at radius 1 is 1.03 bits per heavy atom. The topological polar surface area (TPSA) is 37.3 Å². The highest BCUT2D eigenvalue weighted by molar-refractivity contribution is 6.30. The molecule has 1 spiro atoms. The first kappa shape index (κ1) is 21.5. The normalized spacial score (nSPS) is 20.9. The van der Waals surface area contributed by atoms with Crippen LogP contribution < -0.4 is 9.47 Å². The van der Waals surface area contributed by atoms with E-state index in [1.165, 1.54) is 5.56 Å². The summed E-state index contributed by atoms with van der Waals surface area (Å²) in [6, 6.07) is 24.9. The molecule has 0 amide bonds. The molecule has 3 aliphatic heterocycles. The van der Waals surface area contributed by atoms with Crippen LogP contribution in [0.5, 0.6) is 11.5 Å². The average molecular weight is 474 g/mol. The third-order valence-corrected chi connectivity index (χ3v) is 7.48. The zero-order valence-corrected chi connectivity index (χ0v) is 20.0. The first-order valence-electron chi connectivity index (χ1n) is 11.9. The van der Waals surface area contributed by atoms with Gasteiger partial charge in [0.15, 0.2) is 0 Å². The van der Waals surface area contributed by atoms with Gasteiger partial charge in [-0.1, -0.05) is 54.1 Å². The molecule has 0 N–H and O–H groups in total. The first-order chi connectivity index (χ1) is 16.6. The second kappa shape index (κ2) is 8.64. The van der Waals surface area contributed by atoms with Gasteiger partial charge < -0.3 is 9.47 Å². The fraction of sp³-hybridized carbons (Fsp3) is 0.321. The lowest BCUT2D eigenvalue weighted by Crippen LogP contribution is -2.59. The number of fused-ring (bicyclic) bond motifs is 4. The third-order valence-electron chi connectivity index (χ3n) is 7.25. The molecule has 0 aliphatic carbocycles. The molecule has 1 saturated heterocycles. The van der Waals surface area contributed by atoms with Gasteiger partial charge in [0.2, 0.25) is 5.72 Å². The highest BCUT2D eigenvalue weighted by Crippen LogP contribution is 2.50. The molecule has 1 atom stereocenters. The standard InChI is InChI=1S/C28H28ClN3O2/c1-33-23-9-5-8-21(16-23)25-18-26-24-17-22(29)10-11-27(24)34-28(32(26)30-25)12-14-31(15-13-28)19-20-6-3-2-4-7-20/h2-11,16-17,26H,12-15,18-19H2,1H3. The zero-order chi connectivity index (χ0) is 23.1. The minimum atomic E-state index is -0.445. The van der Waals surface area contributed by atoms with Crippen LogP contribution in [0.4, 0.5) is 0 Å². The molecule has 174 valence electrons. The molecule has 0 radical (unpaired) electrons. The highest BCUT2D eigenvalue weighted by Gasteiger charge is 2.51. The van der Waals surface area contributed by atoms with E-state index in [-0.39, 0.29) is 6.04 Å². The smallest absolute Gasteiger partial charge is 0.200 e. The lowest BCUT2D eigenvalue weighted by molar-refractivity contribution is -0.150. The zero-order valence-electron chi connectivity index (χ0n) is 19.3. The number of hydrazone groups is 1. The van der Waals surface area contributed by atoms with Gasteiger partial charge in [0.1, 0.15) is 11.5 Å². The van der Waals surface area contributed by atoms with E-state index in [9.17, 15) is 0 Å². The fourth-order valence-corrected chi connectivity index (χ4v) is 5.64. The second-order valence-electron chi connectivity index (χ2n) is 9.34. The Labute approximate surface area is 205 Å². The minimum Gasteiger partial charge on any atom is -0.497 e. The number of ether oxygens (including phenoxy) is 2. The summed E-state index contributed by atoms with van der Waals surface area (Å²) >= 11 is 6.40. The van der Waals surface area contributed by atoms with Crippen LogP contribution in [-0.2, 0) is 6.54 Å². The van der Waals surface area contributed by atoms with Gasteiger partial charge in [-0.25, -0.2) is 5.01 Å². The first-order valence-corrected chi connectivity index (χ1v) is 12.3. The molecular weight excluding hydrogens is 446 g/mol. The number of rotatable bonds is 4. The molecule has 0 saturated carbocycles. The molecule has 0 bridgehead atoms. The van der Waals surface area contributed by atoms with Crippen LogP contribution in [0.15, 0.2) is 77.9 Å². The van der Waals surface area contributed by atoms with Crippen molar-refractivity contribution in [3.63, 3.8) is 0 Å². The number of hydrogen-bond donors (Lipinski definition) is 0. The van der Waals surface area contributed by atoms with E-state index in [1.54, 1.807) is 7.11 Å². The maximum Gasteiger partial charge on any atom is 0.200 e. The molecule has 3 aromatic carbocycles. The number of benzene rings is 3. The predicted octanol–water partition coefficient (Wildman–Crippen LogP) is 5.88. The van der Waals surface area contributed by atoms with Crippen molar-refractivity contribution >= 4 is 17.3 Å². The summed E-state index contributed by atoms with van der Waals surface area (Å²) in [7, 11) is 1.70. The van der Waals surface area contributed by atoms with Gasteiger partial charge in [0.05, 0.1) is 18.9 Å². The molecule has 3 aliphatic rings. The van der Waals surface area contributed by atoms with Gasteiger partial charge in [0, 0.05) is 55.0 Å². The summed E-state index contributed by atoms with van der Waals surface area (Å²) < 4.78 is 12.2. The predicted molar refractivity (Wildman–Crippen MR) is 134 cm³/mol. The summed E-state index contributed by atoms with van der Waals surface area (Å²) in [5.41, 5.74) is 4.17. The number of piperidine rings is 1. The summed E-state index contributed by atoms with van der Waals surface area (Å²) in [5.74, 6) is 1.78. The van der Waals surface area contributed by atoms with Crippen LogP contribution >= 0.6 is 11.6 Å². The maximum atomic E-state index is 6.77. The van der Waals surface area contributed by atoms with Gasteiger partial charge in [-0.2, -0.15) is 5.10 Å². The van der Waals surface area contributed by atoms with Crippen LogP contribution in [0, 0.1) is 0 Å². The Morgan fingerprint density at radius 3 is 2.65 bits per heavy atom. The van der Waals surface area contributed by atoms with Crippen molar-refractivity contribution in [2.45, 2.75) is 37.6 Å². The van der Waals surface area contributed by atoms with E-state index in [0.717, 1.165) is 72.3 Å². The van der Waals surface area contributed by atoms with Gasteiger partial charge >= 0.3 is 0 Å². The SMILES string of the molecule is COc1cccc(C2=NN3C(C2)c2cc(Cl)ccc2OC32CCN(Cc3ccccc3)CC2)c1. The van der Waals surface area contributed by atoms with Crippen LogP contribution in [0.1, 0.15) is 42.0 Å². The molecule has 6 rings (SSSR count). The van der Waals surface area contributed by atoms with E-state index in [1.807, 2.05) is 30.3 Å². The lowest BCUT2D eigenvalue weighted by atomic mass is 9.90. The minimum absolute atomic E-state index is 0.115. The quantitative estimate of drug-likeness (QED) is 0.474. The summed E-state index contributed by atoms with van der Waals surface area (Å²) in [4.78, 5) is 2.51. The lowest BCUT2D eigenvalue weighted by Gasteiger charge is -2.51. The van der Waals surface area contributed by atoms with Gasteiger partial charge in [-0.05, 0) is 35.9 Å². The van der Waals surface area contributed by atoms with E-state index < -0.39 is 5.72 Å². The number of likely N-dealkylation sites (tertiary alicyclic amines) is 1. The Balaban J connectivity index is 1.31. The van der Waals surface area contributed by atoms with Crippen molar-refractivity contribution in [1.82, 2.24) is 9.91 Å². The molecule has 3 heterocycles. The highest BCUT2D eigenvalue weighted by atomic mass is 35.5. The van der Waals surface area contributed by atoms with Crippen molar-refractivity contribution < 1.29 is 9.47 Å². The molecule has 3 aromatic rings. The van der Waals surface area contributed by atoms with Crippen molar-refractivity contribution in [3.05, 3.63) is 94.5 Å². The molecule has 1 unspecified atom stereocenters. The Morgan fingerprint density at radius 2 is 1.85 bits per heavy atom. The van der Waals surface area contributed by atoms with Gasteiger partial charge in [-0.15, -0.1) is 0 Å². The monoisotopic (exact) mass is 473 g/mol. The molecule has 5 nitrogen and oxygen atoms in total. The van der Waals surface area contributed by atoms with Crippen molar-refractivity contribution in [1.29, 1.82) is 0 Å². The third kappa shape index (κ3) is 3.83. The molecular formula is C28H28ClN3O2. The van der Waals surface area contributed by atoms with Crippen molar-refractivity contribution in [2.24, 2.45) is 5.10 Å². The summed E-state index contributed by atoms with van der Waals surface area (Å²) in [5, 5.41) is 8.14. The number of hydrogen-bond acceptors (Lipinski definition) is 5. The molecule has 1 fully saturated rings. The second-order valence-corrected chi connectivity index (χ2v) is 9.77. The average Bonchev–Trinajstić information content (AvgIpc) is 3.34. The van der Waals surface area contributed by atoms with Crippen molar-refractivity contribution in [3.8, 4) is 11.5 Å². The summed E-state index contributed by atoms with van der Waals surface area (Å²) in [6.45, 7) is 2.89. The number of methoxy groups -OCH3 is 1. The van der Waals surface area contributed by atoms with E-state index in [2.05, 4.69) is 52.4 Å². The van der Waals surface area contributed by atoms with Crippen LogP contribution in [0.2, 0.25) is 5.02 Å². The Kier molecular flexibility index (Phi) is 5.47. The fourth-order valence-electron chi connectivity index (χ4n) is 5.46. The number of nitrogens with zero attached hydrogens (tertiary/aromatic N) is 3. The largest absolute Gasteiger partial charge is 0.497 e. The van der Waals surface area contributed by atoms with Crippen LogP contribution in [0.25, 0.3) is 0 Å². The molecule has 0 aromatic heterocycles. The molecule has 34 heavy (non-hydrogen) atoms. The van der Waals surface area contributed by atoms with E-state index in [0.29, 0.717) is 0 Å². The maximum absolute atomic E-state index is 6.77. The summed E-state index contributed by atoms with van der Waals surface area (Å²) in [6.07, 6.45) is 2.61. The molecule has 6 heteroatoms. The van der Waals surface area contributed by atoms with Gasteiger partial charge in [-0.3, -0.25) is 4.90 Å².